The zero-order chi connectivity index (χ0) is 13.5. The topological polar surface area (TPSA) is 30.5 Å². The largest absolute Gasteiger partial charge is 0.493 e. The van der Waals surface area contributed by atoms with E-state index in [0.717, 1.165) is 17.7 Å². The van der Waals surface area contributed by atoms with Crippen LogP contribution < -0.4 is 10.1 Å². The van der Waals surface area contributed by atoms with Gasteiger partial charge in [0.15, 0.2) is 0 Å². The van der Waals surface area contributed by atoms with Gasteiger partial charge in [-0.25, -0.2) is 4.39 Å². The Bertz CT molecular complexity index is 382. The molecule has 0 aliphatic carbocycles. The third-order valence-corrected chi connectivity index (χ3v) is 2.94. The number of benzene rings is 1. The molecule has 1 aromatic carbocycles. The van der Waals surface area contributed by atoms with Crippen molar-refractivity contribution in [3.05, 3.63) is 29.1 Å². The van der Waals surface area contributed by atoms with Gasteiger partial charge in [0.2, 0.25) is 0 Å². The molecule has 1 rings (SSSR count). The number of methoxy groups -OCH3 is 1. The SMILES string of the molecule is CNC(C)c1cc(F)c(C)cc1OCCCOC. The van der Waals surface area contributed by atoms with E-state index in [0.29, 0.717) is 18.8 Å². The number of ether oxygens (including phenoxy) is 2. The summed E-state index contributed by atoms with van der Waals surface area (Å²) in [5.74, 6) is 0.545. The van der Waals surface area contributed by atoms with Gasteiger partial charge in [0, 0.05) is 31.7 Å². The van der Waals surface area contributed by atoms with E-state index < -0.39 is 0 Å². The zero-order valence-electron chi connectivity index (χ0n) is 11.5. The fourth-order valence-electron chi connectivity index (χ4n) is 1.67. The molecular formula is C14H22FNO2. The van der Waals surface area contributed by atoms with Crippen molar-refractivity contribution in [2.45, 2.75) is 26.3 Å². The highest BCUT2D eigenvalue weighted by molar-refractivity contribution is 5.40. The van der Waals surface area contributed by atoms with Crippen LogP contribution >= 0.6 is 0 Å². The second-order valence-corrected chi connectivity index (χ2v) is 4.34. The molecule has 1 atom stereocenters. The Morgan fingerprint density at radius 3 is 2.67 bits per heavy atom. The van der Waals surface area contributed by atoms with Crippen LogP contribution in [0.5, 0.6) is 5.75 Å². The number of hydrogen-bond acceptors (Lipinski definition) is 3. The fourth-order valence-corrected chi connectivity index (χ4v) is 1.67. The van der Waals surface area contributed by atoms with Crippen molar-refractivity contribution in [3.63, 3.8) is 0 Å². The molecule has 0 spiro atoms. The third kappa shape index (κ3) is 3.96. The molecule has 0 aromatic heterocycles. The van der Waals surface area contributed by atoms with Gasteiger partial charge in [0.25, 0.3) is 0 Å². The summed E-state index contributed by atoms with van der Waals surface area (Å²) in [4.78, 5) is 0. The van der Waals surface area contributed by atoms with Crippen molar-refractivity contribution < 1.29 is 13.9 Å². The summed E-state index contributed by atoms with van der Waals surface area (Å²) in [7, 11) is 3.51. The van der Waals surface area contributed by atoms with Crippen molar-refractivity contribution in [1.29, 1.82) is 0 Å². The number of hydrogen-bond donors (Lipinski definition) is 1. The molecule has 0 aliphatic rings. The first-order valence-corrected chi connectivity index (χ1v) is 6.19. The molecule has 0 fully saturated rings. The van der Waals surface area contributed by atoms with E-state index in [1.807, 2.05) is 14.0 Å². The van der Waals surface area contributed by atoms with Crippen LogP contribution in [-0.2, 0) is 4.74 Å². The molecule has 1 N–H and O–H groups in total. The molecule has 1 aromatic rings. The van der Waals surface area contributed by atoms with Crippen LogP contribution in [0.3, 0.4) is 0 Å². The maximum absolute atomic E-state index is 13.6. The van der Waals surface area contributed by atoms with Crippen molar-refractivity contribution >= 4 is 0 Å². The number of aryl methyl sites for hydroxylation is 1. The van der Waals surface area contributed by atoms with Gasteiger partial charge in [-0.1, -0.05) is 0 Å². The molecule has 0 radical (unpaired) electrons. The summed E-state index contributed by atoms with van der Waals surface area (Å²) in [6, 6.07) is 3.35. The van der Waals surface area contributed by atoms with E-state index in [-0.39, 0.29) is 11.9 Å². The lowest BCUT2D eigenvalue weighted by molar-refractivity contribution is 0.171. The van der Waals surface area contributed by atoms with Gasteiger partial charge >= 0.3 is 0 Å². The molecule has 102 valence electrons. The number of halogens is 1. The van der Waals surface area contributed by atoms with E-state index >= 15 is 0 Å². The summed E-state index contributed by atoms with van der Waals surface area (Å²) in [5, 5.41) is 3.10. The van der Waals surface area contributed by atoms with Crippen LogP contribution in [0.25, 0.3) is 0 Å². The molecule has 0 saturated heterocycles. The smallest absolute Gasteiger partial charge is 0.126 e. The first-order valence-electron chi connectivity index (χ1n) is 6.19. The molecule has 1 unspecified atom stereocenters. The minimum absolute atomic E-state index is 0.0533. The highest BCUT2D eigenvalue weighted by atomic mass is 19.1. The molecule has 3 nitrogen and oxygen atoms in total. The van der Waals surface area contributed by atoms with Crippen LogP contribution in [0.2, 0.25) is 0 Å². The van der Waals surface area contributed by atoms with Crippen molar-refractivity contribution in [2.24, 2.45) is 0 Å². The minimum Gasteiger partial charge on any atom is -0.493 e. The van der Waals surface area contributed by atoms with Gasteiger partial charge in [0.1, 0.15) is 11.6 Å². The van der Waals surface area contributed by atoms with E-state index in [1.165, 1.54) is 0 Å². The lowest BCUT2D eigenvalue weighted by atomic mass is 10.0. The van der Waals surface area contributed by atoms with Crippen LogP contribution in [-0.4, -0.2) is 27.4 Å². The summed E-state index contributed by atoms with van der Waals surface area (Å²) in [6.45, 7) is 4.96. The van der Waals surface area contributed by atoms with Crippen molar-refractivity contribution in [3.8, 4) is 5.75 Å². The molecule has 0 heterocycles. The Balaban J connectivity index is 2.83. The molecule has 0 amide bonds. The third-order valence-electron chi connectivity index (χ3n) is 2.94. The van der Waals surface area contributed by atoms with E-state index in [2.05, 4.69) is 5.32 Å². The summed E-state index contributed by atoms with van der Waals surface area (Å²) >= 11 is 0. The monoisotopic (exact) mass is 255 g/mol. The summed E-state index contributed by atoms with van der Waals surface area (Å²) in [5.41, 5.74) is 1.45. The van der Waals surface area contributed by atoms with Gasteiger partial charge < -0.3 is 14.8 Å². The van der Waals surface area contributed by atoms with E-state index in [1.54, 1.807) is 26.2 Å². The molecule has 4 heteroatoms. The van der Waals surface area contributed by atoms with Gasteiger partial charge in [-0.2, -0.15) is 0 Å². The minimum atomic E-state index is -0.198. The second kappa shape index (κ2) is 7.34. The fraction of sp³-hybridized carbons (Fsp3) is 0.571. The summed E-state index contributed by atoms with van der Waals surface area (Å²) < 4.78 is 24.3. The molecular weight excluding hydrogens is 233 g/mol. The standard InChI is InChI=1S/C14H22FNO2/c1-10-8-14(18-7-5-6-17-4)12(9-13(10)15)11(2)16-3/h8-9,11,16H,5-7H2,1-4H3. The zero-order valence-corrected chi connectivity index (χ0v) is 11.5. The first kappa shape index (κ1) is 14.9. The average molecular weight is 255 g/mol. The normalized spacial score (nSPS) is 12.5. The van der Waals surface area contributed by atoms with Crippen LogP contribution in [0.1, 0.15) is 30.5 Å². The number of nitrogens with one attached hydrogen (secondary N) is 1. The second-order valence-electron chi connectivity index (χ2n) is 4.34. The maximum atomic E-state index is 13.6. The van der Waals surface area contributed by atoms with Crippen molar-refractivity contribution in [2.75, 3.05) is 27.4 Å². The highest BCUT2D eigenvalue weighted by Gasteiger charge is 2.13. The Morgan fingerprint density at radius 1 is 1.33 bits per heavy atom. The molecule has 18 heavy (non-hydrogen) atoms. The molecule has 0 bridgehead atoms. The highest BCUT2D eigenvalue weighted by Crippen LogP contribution is 2.28. The van der Waals surface area contributed by atoms with Crippen LogP contribution in [0.15, 0.2) is 12.1 Å². The quantitative estimate of drug-likeness (QED) is 0.760. The first-order chi connectivity index (χ1) is 8.60. The Morgan fingerprint density at radius 2 is 2.06 bits per heavy atom. The Labute approximate surface area is 108 Å². The van der Waals surface area contributed by atoms with Crippen LogP contribution in [0, 0.1) is 12.7 Å². The lowest BCUT2D eigenvalue weighted by Gasteiger charge is -2.17. The van der Waals surface area contributed by atoms with Gasteiger partial charge in [-0.3, -0.25) is 0 Å². The average Bonchev–Trinajstić information content (AvgIpc) is 2.37. The Kier molecular flexibility index (Phi) is 6.09. The number of rotatable bonds is 7. The summed E-state index contributed by atoms with van der Waals surface area (Å²) in [6.07, 6.45) is 0.820. The van der Waals surface area contributed by atoms with Crippen molar-refractivity contribution in [1.82, 2.24) is 5.32 Å². The van der Waals surface area contributed by atoms with Gasteiger partial charge in [0.05, 0.1) is 6.61 Å². The maximum Gasteiger partial charge on any atom is 0.126 e. The molecule has 0 aliphatic heterocycles. The molecule has 0 saturated carbocycles. The van der Waals surface area contributed by atoms with Crippen LogP contribution in [0.4, 0.5) is 4.39 Å². The van der Waals surface area contributed by atoms with Gasteiger partial charge in [-0.15, -0.1) is 0 Å². The predicted molar refractivity (Wildman–Crippen MR) is 70.6 cm³/mol. The van der Waals surface area contributed by atoms with Gasteiger partial charge in [-0.05, 0) is 38.6 Å². The van der Waals surface area contributed by atoms with E-state index in [9.17, 15) is 4.39 Å². The van der Waals surface area contributed by atoms with E-state index in [4.69, 9.17) is 9.47 Å². The predicted octanol–water partition coefficient (Wildman–Crippen LogP) is 2.83. The Hall–Kier alpha value is -1.13. The lowest BCUT2D eigenvalue weighted by Crippen LogP contribution is -2.15.